The number of fused-ring (bicyclic) bond motifs is 3. The molecule has 2 N–H and O–H groups in total. The summed E-state index contributed by atoms with van der Waals surface area (Å²) in [5.41, 5.74) is 0.654. The van der Waals surface area contributed by atoms with Crippen molar-refractivity contribution in [1.29, 1.82) is 0 Å². The molecule has 0 spiro atoms. The number of hydrazine groups is 1. The third-order valence-electron chi connectivity index (χ3n) is 2.86. The van der Waals surface area contributed by atoms with E-state index in [1.54, 1.807) is 6.07 Å². The van der Waals surface area contributed by atoms with Gasteiger partial charge in [-0.1, -0.05) is 41.7 Å². The molecule has 0 radical (unpaired) electrons. The number of rotatable bonds is 2. The number of nitrogens with two attached hydrogens (primary N) is 1. The fourth-order valence-corrected chi connectivity index (χ4v) is 3.05. The molecule has 0 saturated heterocycles. The zero-order valence-corrected chi connectivity index (χ0v) is 11.0. The Kier molecular flexibility index (Phi) is 3.02. The Morgan fingerprint density at radius 1 is 1.15 bits per heavy atom. The van der Waals surface area contributed by atoms with E-state index in [0.29, 0.717) is 10.5 Å². The maximum atomic E-state index is 12.4. The van der Waals surface area contributed by atoms with Crippen molar-refractivity contribution in [2.24, 2.45) is 5.84 Å². The average molecular weight is 297 g/mol. The molecule has 3 aromatic rings. The fourth-order valence-electron chi connectivity index (χ4n) is 2.03. The van der Waals surface area contributed by atoms with E-state index in [-0.39, 0.29) is 5.13 Å². The molecule has 0 unspecified atom stereocenters. The molecule has 1 heterocycles. The summed E-state index contributed by atoms with van der Waals surface area (Å²) >= 11 is 1.17. The van der Waals surface area contributed by atoms with Crippen molar-refractivity contribution in [3.05, 3.63) is 36.4 Å². The van der Waals surface area contributed by atoms with Crippen LogP contribution in [-0.2, 0) is 0 Å². The second-order valence-electron chi connectivity index (χ2n) is 4.37. The van der Waals surface area contributed by atoms with Gasteiger partial charge in [0.05, 0.1) is 10.2 Å². The highest BCUT2D eigenvalue weighted by Gasteiger charge is 2.31. The molecule has 0 amide bonds. The van der Waals surface area contributed by atoms with E-state index in [0.717, 1.165) is 15.5 Å². The fraction of sp³-hybridized carbons (Fsp3) is 0.154. The normalized spacial score (nSPS) is 12.2. The maximum absolute atomic E-state index is 12.4. The minimum Gasteiger partial charge on any atom is -0.277 e. The summed E-state index contributed by atoms with van der Waals surface area (Å²) < 4.78 is 37.9. The van der Waals surface area contributed by atoms with E-state index in [9.17, 15) is 13.2 Å². The Hall–Kier alpha value is -1.86. The molecular weight excluding hydrogens is 287 g/mol. The number of hydrogen-bond acceptors (Lipinski definition) is 4. The molecule has 2 aromatic carbocycles. The minimum absolute atomic E-state index is 0.161. The van der Waals surface area contributed by atoms with Crippen LogP contribution in [-0.4, -0.2) is 17.7 Å². The first-order valence-electron chi connectivity index (χ1n) is 5.81. The molecule has 7 heteroatoms. The SMILES string of the molecule is NN(CC(F)(F)F)c1nc2ccc3ccccc3c2s1. The highest BCUT2D eigenvalue weighted by molar-refractivity contribution is 7.23. The third-order valence-corrected chi connectivity index (χ3v) is 4.01. The Morgan fingerprint density at radius 3 is 2.65 bits per heavy atom. The topological polar surface area (TPSA) is 42.1 Å². The van der Waals surface area contributed by atoms with Gasteiger partial charge >= 0.3 is 6.18 Å². The molecule has 0 saturated carbocycles. The van der Waals surface area contributed by atoms with Gasteiger partial charge in [0.15, 0.2) is 0 Å². The third kappa shape index (κ3) is 2.41. The number of aromatic nitrogens is 1. The highest BCUT2D eigenvalue weighted by atomic mass is 32.1. The first-order chi connectivity index (χ1) is 9.44. The lowest BCUT2D eigenvalue weighted by atomic mass is 10.1. The first kappa shape index (κ1) is 13.1. The Morgan fingerprint density at radius 2 is 1.90 bits per heavy atom. The minimum atomic E-state index is -4.35. The number of halogens is 3. The monoisotopic (exact) mass is 297 g/mol. The van der Waals surface area contributed by atoms with E-state index < -0.39 is 12.7 Å². The smallest absolute Gasteiger partial charge is 0.277 e. The van der Waals surface area contributed by atoms with Gasteiger partial charge < -0.3 is 0 Å². The summed E-state index contributed by atoms with van der Waals surface area (Å²) in [7, 11) is 0. The molecule has 3 rings (SSSR count). The number of nitrogens with zero attached hydrogens (tertiary/aromatic N) is 2. The molecule has 3 nitrogen and oxygen atoms in total. The van der Waals surface area contributed by atoms with Gasteiger partial charge in [0.1, 0.15) is 6.54 Å². The zero-order valence-electron chi connectivity index (χ0n) is 10.2. The van der Waals surface area contributed by atoms with Crippen LogP contribution >= 0.6 is 11.3 Å². The number of hydrogen-bond donors (Lipinski definition) is 1. The van der Waals surface area contributed by atoms with Gasteiger partial charge in [-0.05, 0) is 11.5 Å². The number of thiazole rings is 1. The summed E-state index contributed by atoms with van der Waals surface area (Å²) in [6.45, 7) is -1.22. The van der Waals surface area contributed by atoms with Crippen LogP contribution in [0.15, 0.2) is 36.4 Å². The maximum Gasteiger partial charge on any atom is 0.407 e. The van der Waals surface area contributed by atoms with Crippen molar-refractivity contribution in [2.75, 3.05) is 11.6 Å². The molecular formula is C13H10F3N3S. The van der Waals surface area contributed by atoms with Gasteiger partial charge in [-0.25, -0.2) is 10.8 Å². The van der Waals surface area contributed by atoms with E-state index in [4.69, 9.17) is 5.84 Å². The van der Waals surface area contributed by atoms with Crippen LogP contribution in [0.2, 0.25) is 0 Å². The summed E-state index contributed by atoms with van der Waals surface area (Å²) in [5.74, 6) is 5.45. The summed E-state index contributed by atoms with van der Waals surface area (Å²) in [5, 5.41) is 2.79. The van der Waals surface area contributed by atoms with Crippen LogP contribution in [0, 0.1) is 0 Å². The molecule has 0 fully saturated rings. The van der Waals surface area contributed by atoms with E-state index >= 15 is 0 Å². The van der Waals surface area contributed by atoms with Crippen molar-refractivity contribution in [3.8, 4) is 0 Å². The van der Waals surface area contributed by atoms with Crippen molar-refractivity contribution in [3.63, 3.8) is 0 Å². The van der Waals surface area contributed by atoms with E-state index in [1.807, 2.05) is 30.3 Å². The van der Waals surface area contributed by atoms with E-state index in [1.165, 1.54) is 11.3 Å². The Balaban J connectivity index is 2.08. The van der Waals surface area contributed by atoms with Crippen LogP contribution in [0.3, 0.4) is 0 Å². The predicted molar refractivity (Wildman–Crippen MR) is 74.7 cm³/mol. The molecule has 0 aliphatic rings. The van der Waals surface area contributed by atoms with Crippen LogP contribution in [0.4, 0.5) is 18.3 Å². The average Bonchev–Trinajstić information content (AvgIpc) is 2.81. The van der Waals surface area contributed by atoms with Crippen molar-refractivity contribution < 1.29 is 13.2 Å². The summed E-state index contributed by atoms with van der Waals surface area (Å²) in [6.07, 6.45) is -4.35. The second kappa shape index (κ2) is 4.60. The lowest BCUT2D eigenvalue weighted by molar-refractivity contribution is -0.119. The lowest BCUT2D eigenvalue weighted by Gasteiger charge is -2.16. The molecule has 0 aliphatic heterocycles. The highest BCUT2D eigenvalue weighted by Crippen LogP contribution is 2.34. The second-order valence-corrected chi connectivity index (χ2v) is 5.35. The molecule has 0 bridgehead atoms. The predicted octanol–water partition coefficient (Wildman–Crippen LogP) is 3.69. The van der Waals surface area contributed by atoms with Crippen LogP contribution < -0.4 is 10.9 Å². The van der Waals surface area contributed by atoms with Gasteiger partial charge in [0.2, 0.25) is 5.13 Å². The van der Waals surface area contributed by atoms with Gasteiger partial charge in [0, 0.05) is 5.39 Å². The van der Waals surface area contributed by atoms with Crippen molar-refractivity contribution in [2.45, 2.75) is 6.18 Å². The molecule has 20 heavy (non-hydrogen) atoms. The Labute approximate surface area is 116 Å². The summed E-state index contributed by atoms with van der Waals surface area (Å²) in [4.78, 5) is 4.17. The van der Waals surface area contributed by atoms with Gasteiger partial charge in [-0.2, -0.15) is 13.2 Å². The lowest BCUT2D eigenvalue weighted by Crippen LogP contribution is -2.39. The standard InChI is InChI=1S/C13H10F3N3S/c14-13(15,16)7-19(17)12-18-10-6-5-8-3-1-2-4-9(8)11(10)20-12/h1-6H,7,17H2. The van der Waals surface area contributed by atoms with Gasteiger partial charge in [0.25, 0.3) is 0 Å². The number of anilines is 1. The van der Waals surface area contributed by atoms with Gasteiger partial charge in [-0.15, -0.1) is 0 Å². The van der Waals surface area contributed by atoms with Crippen LogP contribution in [0.25, 0.3) is 21.0 Å². The van der Waals surface area contributed by atoms with Crippen molar-refractivity contribution >= 4 is 37.5 Å². The van der Waals surface area contributed by atoms with Gasteiger partial charge in [-0.3, -0.25) is 5.01 Å². The van der Waals surface area contributed by atoms with Crippen molar-refractivity contribution in [1.82, 2.24) is 4.98 Å². The quantitative estimate of drug-likeness (QED) is 0.579. The number of benzene rings is 2. The Bertz CT molecular complexity index is 766. The van der Waals surface area contributed by atoms with Crippen LogP contribution in [0.1, 0.15) is 0 Å². The first-order valence-corrected chi connectivity index (χ1v) is 6.63. The molecule has 0 aliphatic carbocycles. The van der Waals surface area contributed by atoms with E-state index in [2.05, 4.69) is 4.98 Å². The molecule has 0 atom stereocenters. The summed E-state index contributed by atoms with van der Waals surface area (Å²) in [6, 6.07) is 11.4. The van der Waals surface area contributed by atoms with Crippen LogP contribution in [0.5, 0.6) is 0 Å². The molecule has 1 aromatic heterocycles. The molecule has 104 valence electrons. The zero-order chi connectivity index (χ0) is 14.3. The largest absolute Gasteiger partial charge is 0.407 e. The number of alkyl halides is 3.